The second-order valence-corrected chi connectivity index (χ2v) is 7.15. The third-order valence-corrected chi connectivity index (χ3v) is 5.06. The molecule has 1 aromatic rings. The van der Waals surface area contributed by atoms with Gasteiger partial charge in [-0.3, -0.25) is 0 Å². The number of aromatic nitrogens is 2. The zero-order valence-electron chi connectivity index (χ0n) is 14.6. The van der Waals surface area contributed by atoms with Crippen molar-refractivity contribution in [1.29, 1.82) is 0 Å². The minimum atomic E-state index is 0.787. The number of piperidine rings is 1. The number of allylic oxidation sites excluding steroid dienone is 1. The second-order valence-electron chi connectivity index (χ2n) is 7.15. The Balaban J connectivity index is 1.57. The lowest BCUT2D eigenvalue weighted by atomic mass is 9.97. The third-order valence-electron chi connectivity index (χ3n) is 5.06. The van der Waals surface area contributed by atoms with Gasteiger partial charge in [-0.15, -0.1) is 0 Å². The monoisotopic (exact) mass is 314 g/mol. The Morgan fingerprint density at radius 2 is 2.04 bits per heavy atom. The van der Waals surface area contributed by atoms with Crippen molar-refractivity contribution in [3.05, 3.63) is 23.4 Å². The van der Waals surface area contributed by atoms with Crippen molar-refractivity contribution < 1.29 is 0 Å². The molecule has 1 N–H and O–H groups in total. The molecule has 2 aliphatic rings. The van der Waals surface area contributed by atoms with E-state index in [1.54, 1.807) is 5.57 Å². The lowest BCUT2D eigenvalue weighted by Crippen LogP contribution is -2.33. The smallest absolute Gasteiger partial charge is 0.224 e. The Kier molecular flexibility index (Phi) is 5.52. The maximum absolute atomic E-state index is 4.75. The molecule has 0 amide bonds. The third kappa shape index (κ3) is 4.69. The minimum absolute atomic E-state index is 0.787. The van der Waals surface area contributed by atoms with E-state index in [1.165, 1.54) is 38.5 Å². The average Bonchev–Trinajstić information content (AvgIpc) is 2.56. The van der Waals surface area contributed by atoms with Crippen LogP contribution in [0.15, 0.2) is 17.7 Å². The number of hydrogen-bond donors (Lipinski definition) is 1. The van der Waals surface area contributed by atoms with E-state index in [2.05, 4.69) is 41.2 Å². The molecule has 0 unspecified atom stereocenters. The van der Waals surface area contributed by atoms with Gasteiger partial charge in [-0.25, -0.2) is 4.98 Å². The fraction of sp³-hybridized carbons (Fsp3) is 0.684. The molecule has 1 aliphatic carbocycles. The molecule has 1 aromatic heterocycles. The molecule has 0 atom stereocenters. The molecule has 4 nitrogen and oxygen atoms in total. The molecule has 1 fully saturated rings. The zero-order valence-corrected chi connectivity index (χ0v) is 14.6. The van der Waals surface area contributed by atoms with Crippen molar-refractivity contribution >= 4 is 11.8 Å². The summed E-state index contributed by atoms with van der Waals surface area (Å²) in [6.07, 6.45) is 11.3. The Morgan fingerprint density at radius 3 is 2.78 bits per heavy atom. The van der Waals surface area contributed by atoms with Gasteiger partial charge in [0, 0.05) is 31.4 Å². The van der Waals surface area contributed by atoms with Crippen molar-refractivity contribution in [3.63, 3.8) is 0 Å². The summed E-state index contributed by atoms with van der Waals surface area (Å²) in [5.74, 6) is 2.72. The van der Waals surface area contributed by atoms with Crippen LogP contribution >= 0.6 is 0 Å². The first kappa shape index (κ1) is 16.3. The SMILES string of the molecule is Cc1cc(N2CCC(C)CC2)nc(NCCC2=CCCCC2)n1. The topological polar surface area (TPSA) is 41.1 Å². The van der Waals surface area contributed by atoms with E-state index in [0.29, 0.717) is 0 Å². The summed E-state index contributed by atoms with van der Waals surface area (Å²) < 4.78 is 0. The van der Waals surface area contributed by atoms with E-state index in [4.69, 9.17) is 4.98 Å². The minimum Gasteiger partial charge on any atom is -0.356 e. The number of rotatable bonds is 5. The van der Waals surface area contributed by atoms with Crippen LogP contribution in [0.5, 0.6) is 0 Å². The van der Waals surface area contributed by atoms with Crippen molar-refractivity contribution in [2.75, 3.05) is 29.9 Å². The molecule has 1 saturated heterocycles. The van der Waals surface area contributed by atoms with Crippen LogP contribution in [0, 0.1) is 12.8 Å². The van der Waals surface area contributed by atoms with Crippen LogP contribution in [-0.2, 0) is 0 Å². The molecule has 1 aliphatic heterocycles. The Morgan fingerprint density at radius 1 is 1.22 bits per heavy atom. The van der Waals surface area contributed by atoms with Crippen LogP contribution < -0.4 is 10.2 Å². The molecule has 0 saturated carbocycles. The highest BCUT2D eigenvalue weighted by molar-refractivity contribution is 5.45. The molecule has 0 aromatic carbocycles. The summed E-state index contributed by atoms with van der Waals surface area (Å²) in [7, 11) is 0. The molecular formula is C19H30N4. The van der Waals surface area contributed by atoms with Crippen LogP contribution in [0.1, 0.15) is 57.6 Å². The van der Waals surface area contributed by atoms with Gasteiger partial charge < -0.3 is 10.2 Å². The zero-order chi connectivity index (χ0) is 16.1. The predicted molar refractivity (Wildman–Crippen MR) is 97.0 cm³/mol. The quantitative estimate of drug-likeness (QED) is 0.822. The Labute approximate surface area is 140 Å². The standard InChI is InChI=1S/C19H30N4/c1-15-9-12-23(13-10-15)18-14-16(2)21-19(22-18)20-11-8-17-6-4-3-5-7-17/h6,14-15H,3-5,7-13H2,1-2H3,(H,20,21,22). The number of aryl methyl sites for hydroxylation is 1. The maximum Gasteiger partial charge on any atom is 0.224 e. The normalized spacial score (nSPS) is 19.6. The van der Waals surface area contributed by atoms with E-state index in [1.807, 2.05) is 0 Å². The number of anilines is 2. The second kappa shape index (κ2) is 7.80. The van der Waals surface area contributed by atoms with E-state index >= 15 is 0 Å². The van der Waals surface area contributed by atoms with Gasteiger partial charge in [-0.05, 0) is 57.8 Å². The first-order valence-electron chi connectivity index (χ1n) is 9.23. The highest BCUT2D eigenvalue weighted by atomic mass is 15.2. The van der Waals surface area contributed by atoms with Gasteiger partial charge in [0.15, 0.2) is 0 Å². The van der Waals surface area contributed by atoms with Gasteiger partial charge >= 0.3 is 0 Å². The predicted octanol–water partition coefficient (Wildman–Crippen LogP) is 4.32. The Bertz CT molecular complexity index is 544. The van der Waals surface area contributed by atoms with E-state index < -0.39 is 0 Å². The molecule has 0 spiro atoms. The molecule has 2 heterocycles. The summed E-state index contributed by atoms with van der Waals surface area (Å²) in [6.45, 7) is 7.57. The average molecular weight is 314 g/mol. The van der Waals surface area contributed by atoms with Gasteiger partial charge in [-0.1, -0.05) is 18.6 Å². The lowest BCUT2D eigenvalue weighted by Gasteiger charge is -2.31. The van der Waals surface area contributed by atoms with Crippen LogP contribution in [0.2, 0.25) is 0 Å². The van der Waals surface area contributed by atoms with E-state index in [-0.39, 0.29) is 0 Å². The summed E-state index contributed by atoms with van der Waals surface area (Å²) in [5, 5.41) is 3.43. The summed E-state index contributed by atoms with van der Waals surface area (Å²) in [5.41, 5.74) is 2.65. The summed E-state index contributed by atoms with van der Waals surface area (Å²) >= 11 is 0. The summed E-state index contributed by atoms with van der Waals surface area (Å²) in [4.78, 5) is 11.7. The highest BCUT2D eigenvalue weighted by Gasteiger charge is 2.18. The molecule has 0 radical (unpaired) electrons. The lowest BCUT2D eigenvalue weighted by molar-refractivity contribution is 0.436. The van der Waals surface area contributed by atoms with E-state index in [0.717, 1.165) is 49.4 Å². The van der Waals surface area contributed by atoms with Gasteiger partial charge in [0.1, 0.15) is 5.82 Å². The fourth-order valence-corrected chi connectivity index (χ4v) is 3.50. The van der Waals surface area contributed by atoms with Crippen molar-refractivity contribution in [1.82, 2.24) is 9.97 Å². The number of hydrogen-bond acceptors (Lipinski definition) is 4. The van der Waals surface area contributed by atoms with Crippen molar-refractivity contribution in [2.24, 2.45) is 5.92 Å². The van der Waals surface area contributed by atoms with Crippen molar-refractivity contribution in [3.8, 4) is 0 Å². The molecule has 23 heavy (non-hydrogen) atoms. The van der Waals surface area contributed by atoms with Gasteiger partial charge in [0.25, 0.3) is 0 Å². The molecule has 126 valence electrons. The molecular weight excluding hydrogens is 284 g/mol. The number of nitrogens with zero attached hydrogens (tertiary/aromatic N) is 3. The number of nitrogens with one attached hydrogen (secondary N) is 1. The van der Waals surface area contributed by atoms with Crippen LogP contribution in [-0.4, -0.2) is 29.6 Å². The van der Waals surface area contributed by atoms with Crippen molar-refractivity contribution in [2.45, 2.75) is 58.8 Å². The first-order chi connectivity index (χ1) is 11.2. The molecule has 0 bridgehead atoms. The van der Waals surface area contributed by atoms with Gasteiger partial charge in [0.2, 0.25) is 5.95 Å². The van der Waals surface area contributed by atoms with Crippen LogP contribution in [0.4, 0.5) is 11.8 Å². The molecule has 3 rings (SSSR count). The highest BCUT2D eigenvalue weighted by Crippen LogP contribution is 2.23. The van der Waals surface area contributed by atoms with Crippen LogP contribution in [0.25, 0.3) is 0 Å². The Hall–Kier alpha value is -1.58. The molecule has 4 heteroatoms. The van der Waals surface area contributed by atoms with Gasteiger partial charge in [-0.2, -0.15) is 4.98 Å². The summed E-state index contributed by atoms with van der Waals surface area (Å²) in [6, 6.07) is 2.12. The van der Waals surface area contributed by atoms with Gasteiger partial charge in [0.05, 0.1) is 0 Å². The first-order valence-corrected chi connectivity index (χ1v) is 9.23. The van der Waals surface area contributed by atoms with E-state index in [9.17, 15) is 0 Å². The fourth-order valence-electron chi connectivity index (χ4n) is 3.50. The maximum atomic E-state index is 4.75. The largest absolute Gasteiger partial charge is 0.356 e. The van der Waals surface area contributed by atoms with Crippen LogP contribution in [0.3, 0.4) is 0 Å².